The molecule has 0 radical (unpaired) electrons. The van der Waals surface area contributed by atoms with Crippen LogP contribution in [0.1, 0.15) is 6.42 Å². The zero-order valence-corrected chi connectivity index (χ0v) is 9.19. The Labute approximate surface area is 90.4 Å². The third-order valence-corrected chi connectivity index (χ3v) is 3.41. The summed E-state index contributed by atoms with van der Waals surface area (Å²) < 4.78 is 11.1. The Kier molecular flexibility index (Phi) is 2.42. The molecular weight excluding hydrogens is 192 g/mol. The van der Waals surface area contributed by atoms with Gasteiger partial charge in [0.05, 0.1) is 13.2 Å². The van der Waals surface area contributed by atoms with Crippen molar-refractivity contribution in [2.24, 2.45) is 0 Å². The van der Waals surface area contributed by atoms with Gasteiger partial charge in [-0.3, -0.25) is 4.90 Å². The van der Waals surface area contributed by atoms with Crippen molar-refractivity contribution in [1.29, 1.82) is 0 Å². The molecule has 0 aromatic carbocycles. The molecule has 84 valence electrons. The minimum atomic E-state index is 0.329. The monoisotopic (exact) mass is 210 g/mol. The summed E-state index contributed by atoms with van der Waals surface area (Å²) >= 11 is 0. The summed E-state index contributed by atoms with van der Waals surface area (Å²) in [5.41, 5.74) is 1.40. The summed E-state index contributed by atoms with van der Waals surface area (Å²) in [7, 11) is 2.14. The predicted octanol–water partition coefficient (Wildman–Crippen LogP) is 0.263. The maximum absolute atomic E-state index is 5.71. The SMILES string of the molecule is CN1CCC=C(N2CCOCC2)C2OC21. The van der Waals surface area contributed by atoms with Gasteiger partial charge in [-0.1, -0.05) is 6.08 Å². The van der Waals surface area contributed by atoms with Crippen molar-refractivity contribution in [3.05, 3.63) is 11.8 Å². The number of nitrogens with zero attached hydrogens (tertiary/aromatic N) is 2. The van der Waals surface area contributed by atoms with Gasteiger partial charge in [-0.25, -0.2) is 0 Å². The summed E-state index contributed by atoms with van der Waals surface area (Å²) in [4.78, 5) is 4.72. The van der Waals surface area contributed by atoms with E-state index in [4.69, 9.17) is 9.47 Å². The zero-order valence-electron chi connectivity index (χ0n) is 9.19. The molecule has 2 saturated heterocycles. The van der Waals surface area contributed by atoms with Gasteiger partial charge in [-0.15, -0.1) is 0 Å². The van der Waals surface area contributed by atoms with Crippen molar-refractivity contribution in [2.45, 2.75) is 18.8 Å². The lowest BCUT2D eigenvalue weighted by Crippen LogP contribution is -2.37. The van der Waals surface area contributed by atoms with Crippen LogP contribution in [0.2, 0.25) is 0 Å². The summed E-state index contributed by atoms with van der Waals surface area (Å²) in [6.07, 6.45) is 4.15. The molecule has 3 aliphatic heterocycles. The maximum Gasteiger partial charge on any atom is 0.143 e. The first-order valence-electron chi connectivity index (χ1n) is 5.75. The molecular formula is C11H18N2O2. The Morgan fingerprint density at radius 3 is 2.87 bits per heavy atom. The van der Waals surface area contributed by atoms with Gasteiger partial charge in [0.25, 0.3) is 0 Å². The van der Waals surface area contributed by atoms with Crippen LogP contribution in [0, 0.1) is 0 Å². The Hall–Kier alpha value is -0.580. The van der Waals surface area contributed by atoms with E-state index in [2.05, 4.69) is 22.9 Å². The van der Waals surface area contributed by atoms with Crippen LogP contribution in [-0.4, -0.2) is 62.0 Å². The first-order chi connectivity index (χ1) is 7.36. The van der Waals surface area contributed by atoms with Crippen molar-refractivity contribution in [2.75, 3.05) is 39.9 Å². The number of morpholine rings is 1. The molecule has 3 rings (SSSR count). The van der Waals surface area contributed by atoms with Gasteiger partial charge in [-0.05, 0) is 13.5 Å². The lowest BCUT2D eigenvalue weighted by Gasteiger charge is -2.30. The maximum atomic E-state index is 5.71. The standard InChI is InChI=1S/C11H18N2O2/c1-12-4-2-3-9(10-11(12)15-10)13-5-7-14-8-6-13/h3,10-11H,2,4-8H2,1H3. The Bertz CT molecular complexity index is 274. The van der Waals surface area contributed by atoms with E-state index in [0.29, 0.717) is 12.3 Å². The number of epoxide rings is 1. The van der Waals surface area contributed by atoms with Crippen LogP contribution >= 0.6 is 0 Å². The smallest absolute Gasteiger partial charge is 0.143 e. The van der Waals surface area contributed by atoms with Gasteiger partial charge in [0, 0.05) is 25.3 Å². The van der Waals surface area contributed by atoms with Gasteiger partial charge in [0.2, 0.25) is 0 Å². The predicted molar refractivity (Wildman–Crippen MR) is 56.4 cm³/mol. The number of likely N-dealkylation sites (N-methyl/N-ethyl adjacent to an activating group) is 1. The topological polar surface area (TPSA) is 28.2 Å². The lowest BCUT2D eigenvalue weighted by molar-refractivity contribution is 0.0505. The van der Waals surface area contributed by atoms with Crippen LogP contribution in [0.15, 0.2) is 11.8 Å². The molecule has 4 heteroatoms. The lowest BCUT2D eigenvalue weighted by atomic mass is 10.2. The largest absolute Gasteiger partial charge is 0.378 e. The summed E-state index contributed by atoms with van der Waals surface area (Å²) in [5.74, 6) is 0. The zero-order chi connectivity index (χ0) is 10.3. The second kappa shape index (κ2) is 3.77. The van der Waals surface area contributed by atoms with E-state index in [1.165, 1.54) is 5.70 Å². The van der Waals surface area contributed by atoms with Crippen molar-refractivity contribution in [1.82, 2.24) is 9.80 Å². The Morgan fingerprint density at radius 1 is 1.27 bits per heavy atom. The van der Waals surface area contributed by atoms with Gasteiger partial charge in [-0.2, -0.15) is 0 Å². The summed E-state index contributed by atoms with van der Waals surface area (Å²) in [5, 5.41) is 0. The first-order valence-corrected chi connectivity index (χ1v) is 5.75. The number of ether oxygens (including phenoxy) is 2. The van der Waals surface area contributed by atoms with E-state index in [9.17, 15) is 0 Å². The van der Waals surface area contributed by atoms with Crippen molar-refractivity contribution < 1.29 is 9.47 Å². The highest BCUT2D eigenvalue weighted by atomic mass is 16.6. The van der Waals surface area contributed by atoms with Gasteiger partial charge in [0.1, 0.15) is 12.3 Å². The highest BCUT2D eigenvalue weighted by Gasteiger charge is 2.47. The van der Waals surface area contributed by atoms with Gasteiger partial charge < -0.3 is 14.4 Å². The van der Waals surface area contributed by atoms with Crippen molar-refractivity contribution in [3.63, 3.8) is 0 Å². The van der Waals surface area contributed by atoms with Crippen LogP contribution in [-0.2, 0) is 9.47 Å². The second-order valence-electron chi connectivity index (χ2n) is 4.44. The average Bonchev–Trinajstić information content (AvgIpc) is 3.04. The fraction of sp³-hybridized carbons (Fsp3) is 0.818. The molecule has 15 heavy (non-hydrogen) atoms. The molecule has 3 aliphatic rings. The molecule has 0 aromatic rings. The minimum absolute atomic E-state index is 0.329. The summed E-state index contributed by atoms with van der Waals surface area (Å²) in [6.45, 7) is 4.84. The molecule has 0 aliphatic carbocycles. The number of rotatable bonds is 1. The van der Waals surface area contributed by atoms with Gasteiger partial charge in [0.15, 0.2) is 0 Å². The van der Waals surface area contributed by atoms with Crippen LogP contribution in [0.4, 0.5) is 0 Å². The van der Waals surface area contributed by atoms with E-state index < -0.39 is 0 Å². The molecule has 2 unspecified atom stereocenters. The van der Waals surface area contributed by atoms with Crippen LogP contribution in [0.5, 0.6) is 0 Å². The van der Waals surface area contributed by atoms with Crippen LogP contribution in [0.3, 0.4) is 0 Å². The second-order valence-corrected chi connectivity index (χ2v) is 4.44. The van der Waals surface area contributed by atoms with E-state index >= 15 is 0 Å². The van der Waals surface area contributed by atoms with Crippen molar-refractivity contribution in [3.8, 4) is 0 Å². The number of hydrogen-bond acceptors (Lipinski definition) is 4. The van der Waals surface area contributed by atoms with E-state index in [1.807, 2.05) is 0 Å². The molecule has 2 fully saturated rings. The fourth-order valence-electron chi connectivity index (χ4n) is 2.45. The average molecular weight is 210 g/mol. The molecule has 3 heterocycles. The normalized spacial score (nSPS) is 36.9. The highest BCUT2D eigenvalue weighted by molar-refractivity contribution is 5.18. The molecule has 4 nitrogen and oxygen atoms in total. The third-order valence-electron chi connectivity index (χ3n) is 3.41. The number of hydrogen-bond donors (Lipinski definition) is 0. The molecule has 0 N–H and O–H groups in total. The molecule has 0 amide bonds. The third kappa shape index (κ3) is 1.77. The fourth-order valence-corrected chi connectivity index (χ4v) is 2.45. The van der Waals surface area contributed by atoms with E-state index in [-0.39, 0.29) is 0 Å². The summed E-state index contributed by atoms with van der Waals surface area (Å²) in [6, 6.07) is 0. The molecule has 0 spiro atoms. The highest BCUT2D eigenvalue weighted by Crippen LogP contribution is 2.35. The number of fused-ring (bicyclic) bond motifs is 1. The Balaban J connectivity index is 1.72. The van der Waals surface area contributed by atoms with E-state index in [0.717, 1.165) is 39.3 Å². The van der Waals surface area contributed by atoms with Gasteiger partial charge >= 0.3 is 0 Å². The quantitative estimate of drug-likeness (QED) is 0.581. The molecule has 2 atom stereocenters. The van der Waals surface area contributed by atoms with Crippen LogP contribution in [0.25, 0.3) is 0 Å². The molecule has 0 bridgehead atoms. The van der Waals surface area contributed by atoms with E-state index in [1.54, 1.807) is 0 Å². The van der Waals surface area contributed by atoms with Crippen LogP contribution < -0.4 is 0 Å². The first kappa shape index (κ1) is 9.63. The molecule has 0 aromatic heterocycles. The Morgan fingerprint density at radius 2 is 2.07 bits per heavy atom. The molecule has 0 saturated carbocycles. The minimum Gasteiger partial charge on any atom is -0.378 e. The van der Waals surface area contributed by atoms with Crippen molar-refractivity contribution >= 4 is 0 Å².